The quantitative estimate of drug-likeness (QED) is 0.812. The average Bonchev–Trinajstić information content (AvgIpc) is 2.17. The summed E-state index contributed by atoms with van der Waals surface area (Å²) in [5.41, 5.74) is 0.887. The van der Waals surface area contributed by atoms with E-state index in [1.165, 1.54) is 12.1 Å². The van der Waals surface area contributed by atoms with Crippen molar-refractivity contribution in [2.75, 3.05) is 6.54 Å². The first-order valence-electron chi connectivity index (χ1n) is 5.49. The van der Waals surface area contributed by atoms with Crippen LogP contribution in [0, 0.1) is 5.82 Å². The number of hydrogen-bond donors (Lipinski definition) is 1. The van der Waals surface area contributed by atoms with E-state index < -0.39 is 0 Å². The summed E-state index contributed by atoms with van der Waals surface area (Å²) in [6.45, 7) is 3.06. The highest BCUT2D eigenvalue weighted by Gasteiger charge is 2.31. The second kappa shape index (κ2) is 4.91. The van der Waals surface area contributed by atoms with Crippen LogP contribution in [0.4, 0.5) is 4.39 Å². The molecule has 2 rings (SSSR count). The molecule has 1 aliphatic carbocycles. The lowest BCUT2D eigenvalue weighted by Crippen LogP contribution is -2.39. The highest BCUT2D eigenvalue weighted by Crippen LogP contribution is 2.41. The monoisotopic (exact) mass is 261 g/mol. The number of nitrogens with one attached hydrogen (secondary N) is 1. The van der Waals surface area contributed by atoms with Gasteiger partial charge in [-0.3, -0.25) is 0 Å². The van der Waals surface area contributed by atoms with Crippen LogP contribution in [-0.2, 0) is 0 Å². The van der Waals surface area contributed by atoms with E-state index >= 15 is 0 Å². The Bertz CT molecular complexity index is 389. The summed E-state index contributed by atoms with van der Waals surface area (Å²) in [5.74, 6) is -0.0173. The van der Waals surface area contributed by atoms with Crippen LogP contribution in [0.1, 0.15) is 31.2 Å². The fraction of sp³-hybridized carbons (Fsp3) is 0.500. The maximum Gasteiger partial charge on any atom is 0.142 e. The molecule has 1 aromatic rings. The van der Waals surface area contributed by atoms with Crippen molar-refractivity contribution < 1.29 is 4.39 Å². The van der Waals surface area contributed by atoms with E-state index in [0.29, 0.717) is 17.0 Å². The number of rotatable bonds is 3. The predicted octanol–water partition coefficient (Wildman–Crippen LogP) is 3.99. The molecule has 0 aromatic heterocycles. The van der Waals surface area contributed by atoms with Gasteiger partial charge in [0.25, 0.3) is 0 Å². The number of benzene rings is 1. The Hall–Kier alpha value is -0.310. The van der Waals surface area contributed by atoms with E-state index in [2.05, 4.69) is 12.2 Å². The molecule has 1 N–H and O–H groups in total. The second-order valence-corrected chi connectivity index (χ2v) is 5.03. The lowest BCUT2D eigenvalue weighted by molar-refractivity contribution is 0.295. The normalized spacial score (nSPS) is 24.2. The van der Waals surface area contributed by atoms with E-state index in [1.54, 1.807) is 0 Å². The Morgan fingerprint density at radius 3 is 2.62 bits per heavy atom. The van der Waals surface area contributed by atoms with Gasteiger partial charge in [-0.05, 0) is 43.0 Å². The minimum Gasteiger partial charge on any atom is -0.314 e. The first kappa shape index (κ1) is 12.2. The van der Waals surface area contributed by atoms with Gasteiger partial charge < -0.3 is 5.32 Å². The van der Waals surface area contributed by atoms with Crippen LogP contribution in [-0.4, -0.2) is 12.6 Å². The first-order valence-corrected chi connectivity index (χ1v) is 6.25. The highest BCUT2D eigenvalue weighted by molar-refractivity contribution is 6.35. The standard InChI is InChI=1S/C12H14Cl2FN/c1-2-16-8-3-7(4-8)9-5-12(15)11(14)6-10(9)13/h5-8,16H,2-4H2,1H3. The molecule has 1 nitrogen and oxygen atoms in total. The van der Waals surface area contributed by atoms with Gasteiger partial charge in [0.2, 0.25) is 0 Å². The number of halogens is 3. The van der Waals surface area contributed by atoms with Crippen molar-refractivity contribution in [3.8, 4) is 0 Å². The summed E-state index contributed by atoms with van der Waals surface area (Å²) in [6, 6.07) is 3.51. The van der Waals surface area contributed by atoms with Crippen molar-refractivity contribution in [1.82, 2.24) is 5.32 Å². The lowest BCUT2D eigenvalue weighted by Gasteiger charge is -2.36. The van der Waals surface area contributed by atoms with Gasteiger partial charge in [0.15, 0.2) is 0 Å². The molecule has 0 saturated heterocycles. The van der Waals surface area contributed by atoms with Gasteiger partial charge in [0, 0.05) is 11.1 Å². The van der Waals surface area contributed by atoms with Gasteiger partial charge in [-0.2, -0.15) is 0 Å². The molecular weight excluding hydrogens is 248 g/mol. The fourth-order valence-corrected chi connectivity index (χ4v) is 2.72. The molecule has 0 radical (unpaired) electrons. The Morgan fingerprint density at radius 2 is 2.00 bits per heavy atom. The third-order valence-electron chi connectivity index (χ3n) is 3.11. The van der Waals surface area contributed by atoms with Crippen LogP contribution in [0.3, 0.4) is 0 Å². The molecule has 0 bridgehead atoms. The summed E-state index contributed by atoms with van der Waals surface area (Å²) in [7, 11) is 0. The molecule has 0 unspecified atom stereocenters. The van der Waals surface area contributed by atoms with Crippen LogP contribution >= 0.6 is 23.2 Å². The molecule has 0 spiro atoms. The summed E-state index contributed by atoms with van der Waals surface area (Å²) in [5, 5.41) is 4.03. The zero-order valence-corrected chi connectivity index (χ0v) is 10.6. The average molecular weight is 262 g/mol. The predicted molar refractivity (Wildman–Crippen MR) is 65.9 cm³/mol. The molecule has 0 amide bonds. The van der Waals surface area contributed by atoms with Crippen molar-refractivity contribution in [1.29, 1.82) is 0 Å². The topological polar surface area (TPSA) is 12.0 Å². The van der Waals surface area contributed by atoms with Crippen LogP contribution in [0.5, 0.6) is 0 Å². The maximum absolute atomic E-state index is 13.3. The molecule has 1 fully saturated rings. The van der Waals surface area contributed by atoms with E-state index in [4.69, 9.17) is 23.2 Å². The largest absolute Gasteiger partial charge is 0.314 e. The van der Waals surface area contributed by atoms with Gasteiger partial charge in [-0.1, -0.05) is 30.1 Å². The van der Waals surface area contributed by atoms with Crippen LogP contribution in [0.2, 0.25) is 10.0 Å². The summed E-state index contributed by atoms with van der Waals surface area (Å²) in [6.07, 6.45) is 2.04. The summed E-state index contributed by atoms with van der Waals surface area (Å²) < 4.78 is 13.3. The van der Waals surface area contributed by atoms with Crippen molar-refractivity contribution in [3.05, 3.63) is 33.6 Å². The van der Waals surface area contributed by atoms with E-state index in [-0.39, 0.29) is 10.8 Å². The summed E-state index contributed by atoms with van der Waals surface area (Å²) >= 11 is 11.7. The summed E-state index contributed by atoms with van der Waals surface area (Å²) in [4.78, 5) is 0. The Balaban J connectivity index is 2.09. The van der Waals surface area contributed by atoms with Crippen LogP contribution in [0.25, 0.3) is 0 Å². The van der Waals surface area contributed by atoms with Crippen molar-refractivity contribution in [3.63, 3.8) is 0 Å². The molecule has 88 valence electrons. The molecule has 1 saturated carbocycles. The fourth-order valence-electron chi connectivity index (χ4n) is 2.18. The molecule has 1 aliphatic rings. The molecule has 1 aromatic carbocycles. The van der Waals surface area contributed by atoms with Crippen molar-refractivity contribution >= 4 is 23.2 Å². The van der Waals surface area contributed by atoms with Crippen LogP contribution in [0.15, 0.2) is 12.1 Å². The van der Waals surface area contributed by atoms with E-state index in [9.17, 15) is 4.39 Å². The molecule has 4 heteroatoms. The van der Waals surface area contributed by atoms with Gasteiger partial charge in [-0.25, -0.2) is 4.39 Å². The van der Waals surface area contributed by atoms with Crippen molar-refractivity contribution in [2.24, 2.45) is 0 Å². The van der Waals surface area contributed by atoms with Crippen LogP contribution < -0.4 is 5.32 Å². The van der Waals surface area contributed by atoms with Gasteiger partial charge >= 0.3 is 0 Å². The zero-order valence-electron chi connectivity index (χ0n) is 9.06. The van der Waals surface area contributed by atoms with Gasteiger partial charge in [-0.15, -0.1) is 0 Å². The van der Waals surface area contributed by atoms with Gasteiger partial charge in [0.1, 0.15) is 5.82 Å². The Labute approximate surface area is 105 Å². The minimum absolute atomic E-state index is 0.0938. The third kappa shape index (κ3) is 2.34. The molecule has 0 atom stereocenters. The van der Waals surface area contributed by atoms with E-state index in [1.807, 2.05) is 0 Å². The highest BCUT2D eigenvalue weighted by atomic mass is 35.5. The number of hydrogen-bond acceptors (Lipinski definition) is 1. The SMILES string of the molecule is CCNC1CC(c2cc(F)c(Cl)cc2Cl)C1. The lowest BCUT2D eigenvalue weighted by atomic mass is 9.76. The minimum atomic E-state index is -0.382. The molecule has 0 heterocycles. The third-order valence-corrected chi connectivity index (χ3v) is 3.73. The molecule has 0 aliphatic heterocycles. The molecule has 16 heavy (non-hydrogen) atoms. The van der Waals surface area contributed by atoms with E-state index in [0.717, 1.165) is 24.9 Å². The second-order valence-electron chi connectivity index (χ2n) is 4.21. The maximum atomic E-state index is 13.3. The van der Waals surface area contributed by atoms with Crippen molar-refractivity contribution in [2.45, 2.75) is 31.7 Å². The van der Waals surface area contributed by atoms with Gasteiger partial charge in [0.05, 0.1) is 5.02 Å². The Morgan fingerprint density at radius 1 is 1.31 bits per heavy atom. The Kier molecular flexibility index (Phi) is 3.73. The first-order chi connectivity index (χ1) is 7.61. The zero-order chi connectivity index (χ0) is 11.7. The molecular formula is C12H14Cl2FN. The smallest absolute Gasteiger partial charge is 0.142 e.